The predicted octanol–water partition coefficient (Wildman–Crippen LogP) is 3.06. The minimum absolute atomic E-state index is 0.190. The van der Waals surface area contributed by atoms with Crippen LogP contribution in [0.3, 0.4) is 0 Å². The maximum atomic E-state index is 12.4. The van der Waals surface area contributed by atoms with Gasteiger partial charge in [0.15, 0.2) is 0 Å². The Morgan fingerprint density at radius 2 is 1.92 bits per heavy atom. The van der Waals surface area contributed by atoms with Crippen LogP contribution in [0, 0.1) is 12.8 Å². The van der Waals surface area contributed by atoms with Crippen molar-refractivity contribution in [1.82, 2.24) is 10.3 Å². The number of benzene rings is 1. The number of hydrogen-bond acceptors (Lipinski definition) is 4. The maximum Gasteiger partial charge on any atom is 0.235 e. The molecular formula is C18H24N2O3S. The van der Waals surface area contributed by atoms with Crippen LogP contribution in [0.25, 0.3) is 11.5 Å². The molecule has 0 saturated carbocycles. The van der Waals surface area contributed by atoms with Gasteiger partial charge in [0.05, 0.1) is 11.4 Å². The van der Waals surface area contributed by atoms with E-state index in [9.17, 15) is 9.00 Å². The van der Waals surface area contributed by atoms with Crippen molar-refractivity contribution in [2.24, 2.45) is 5.92 Å². The lowest BCUT2D eigenvalue weighted by Crippen LogP contribution is -2.37. The van der Waals surface area contributed by atoms with Gasteiger partial charge < -0.3 is 9.73 Å². The topological polar surface area (TPSA) is 72.2 Å². The van der Waals surface area contributed by atoms with Gasteiger partial charge in [-0.1, -0.05) is 31.5 Å². The molecule has 1 amide bonds. The Morgan fingerprint density at radius 3 is 2.54 bits per heavy atom. The second-order valence-corrected chi connectivity index (χ2v) is 8.07. The van der Waals surface area contributed by atoms with Crippen molar-refractivity contribution in [2.75, 3.05) is 6.54 Å². The number of nitrogens with one attached hydrogen (secondary N) is 1. The Morgan fingerprint density at radius 1 is 1.25 bits per heavy atom. The molecule has 1 aromatic carbocycles. The van der Waals surface area contributed by atoms with Crippen molar-refractivity contribution < 1.29 is 13.4 Å². The first kappa shape index (κ1) is 18.4. The minimum atomic E-state index is -1.34. The van der Waals surface area contributed by atoms with E-state index in [1.807, 2.05) is 45.0 Å². The lowest BCUT2D eigenvalue weighted by molar-refractivity contribution is -0.120. The van der Waals surface area contributed by atoms with E-state index >= 15 is 0 Å². The molecule has 1 N–H and O–H groups in total. The highest BCUT2D eigenvalue weighted by molar-refractivity contribution is 7.85. The van der Waals surface area contributed by atoms with Crippen LogP contribution in [0.15, 0.2) is 34.9 Å². The van der Waals surface area contributed by atoms with Gasteiger partial charge in [-0.2, -0.15) is 0 Å². The lowest BCUT2D eigenvalue weighted by Gasteiger charge is -2.12. The normalized spacial score (nSPS) is 13.7. The first-order valence-electron chi connectivity index (χ1n) is 8.03. The molecule has 0 bridgehead atoms. The number of amides is 1. The molecule has 130 valence electrons. The molecule has 0 aliphatic rings. The van der Waals surface area contributed by atoms with Crippen molar-refractivity contribution in [3.05, 3.63) is 41.8 Å². The van der Waals surface area contributed by atoms with Crippen LogP contribution in [0.4, 0.5) is 0 Å². The number of oxazole rings is 1. The van der Waals surface area contributed by atoms with Crippen LogP contribution in [0.5, 0.6) is 0 Å². The summed E-state index contributed by atoms with van der Waals surface area (Å²) in [7, 11) is -1.34. The summed E-state index contributed by atoms with van der Waals surface area (Å²) < 4.78 is 17.8. The van der Waals surface area contributed by atoms with Crippen LogP contribution in [-0.2, 0) is 21.3 Å². The Labute approximate surface area is 145 Å². The molecule has 0 radical (unpaired) electrons. The summed E-state index contributed by atoms with van der Waals surface area (Å²) in [5, 5.41) is 2.23. The highest BCUT2D eigenvalue weighted by Crippen LogP contribution is 2.20. The number of aryl methyl sites for hydroxylation is 1. The standard InChI is InChI=1S/C18H24N2O3S/c1-12(2)9-19-17(21)14(4)24(22)11-16-10-23-18(20-16)15-7-5-13(3)6-8-15/h5-8,10,12,14H,9,11H2,1-4H3,(H,19,21)/t14-,24+/m1/s1. The first-order valence-corrected chi connectivity index (χ1v) is 9.41. The predicted molar refractivity (Wildman–Crippen MR) is 95.8 cm³/mol. The van der Waals surface area contributed by atoms with Gasteiger partial charge in [0.1, 0.15) is 11.5 Å². The molecule has 0 unspecified atom stereocenters. The number of carbonyl (C=O) groups is 1. The zero-order chi connectivity index (χ0) is 17.7. The molecule has 2 rings (SSSR count). The summed E-state index contributed by atoms with van der Waals surface area (Å²) in [5.74, 6) is 0.872. The number of rotatable bonds is 7. The van der Waals surface area contributed by atoms with E-state index in [0.717, 1.165) is 11.1 Å². The van der Waals surface area contributed by atoms with Gasteiger partial charge >= 0.3 is 0 Å². The molecule has 0 spiro atoms. The van der Waals surface area contributed by atoms with E-state index in [0.29, 0.717) is 24.0 Å². The molecule has 1 heterocycles. The highest BCUT2D eigenvalue weighted by Gasteiger charge is 2.21. The molecule has 2 aromatic rings. The monoisotopic (exact) mass is 348 g/mol. The first-order chi connectivity index (χ1) is 11.4. The SMILES string of the molecule is Cc1ccc(-c2nc(C[S@](=O)[C@H](C)C(=O)NCC(C)C)co2)cc1. The Balaban J connectivity index is 1.97. The molecule has 0 saturated heterocycles. The molecular weight excluding hydrogens is 324 g/mol. The van der Waals surface area contributed by atoms with E-state index in [2.05, 4.69) is 10.3 Å². The fourth-order valence-electron chi connectivity index (χ4n) is 2.04. The summed E-state index contributed by atoms with van der Waals surface area (Å²) in [6.45, 7) is 8.31. The van der Waals surface area contributed by atoms with Gasteiger partial charge in [-0.3, -0.25) is 9.00 Å². The highest BCUT2D eigenvalue weighted by atomic mass is 32.2. The fraction of sp³-hybridized carbons (Fsp3) is 0.444. The molecule has 5 nitrogen and oxygen atoms in total. The molecule has 0 aliphatic heterocycles. The van der Waals surface area contributed by atoms with Gasteiger partial charge in [-0.05, 0) is 31.9 Å². The molecule has 6 heteroatoms. The van der Waals surface area contributed by atoms with Gasteiger partial charge in [0, 0.05) is 22.9 Å². The Kier molecular flexibility index (Phi) is 6.31. The average Bonchev–Trinajstić information content (AvgIpc) is 3.00. The number of carbonyl (C=O) groups excluding carboxylic acids is 1. The van der Waals surface area contributed by atoms with Gasteiger partial charge in [-0.15, -0.1) is 0 Å². The number of hydrogen-bond donors (Lipinski definition) is 1. The third kappa shape index (κ3) is 5.03. The fourth-order valence-corrected chi connectivity index (χ4v) is 3.04. The third-order valence-corrected chi connectivity index (χ3v) is 5.17. The second kappa shape index (κ2) is 8.24. The molecule has 1 aromatic heterocycles. The largest absolute Gasteiger partial charge is 0.444 e. The van der Waals surface area contributed by atoms with E-state index in [-0.39, 0.29) is 11.7 Å². The summed E-state index contributed by atoms with van der Waals surface area (Å²) in [6.07, 6.45) is 1.51. The van der Waals surface area contributed by atoms with Gasteiger partial charge in [0.25, 0.3) is 0 Å². The van der Waals surface area contributed by atoms with Crippen LogP contribution in [0.1, 0.15) is 32.0 Å². The maximum absolute atomic E-state index is 12.4. The van der Waals surface area contributed by atoms with Crippen LogP contribution in [0.2, 0.25) is 0 Å². The van der Waals surface area contributed by atoms with Crippen LogP contribution >= 0.6 is 0 Å². The summed E-state index contributed by atoms with van der Waals surface area (Å²) >= 11 is 0. The minimum Gasteiger partial charge on any atom is -0.444 e. The third-order valence-electron chi connectivity index (χ3n) is 3.59. The Hall–Kier alpha value is -1.95. The van der Waals surface area contributed by atoms with E-state index in [1.54, 1.807) is 6.92 Å². The summed E-state index contributed by atoms with van der Waals surface area (Å²) in [4.78, 5) is 16.4. The molecule has 0 aliphatic carbocycles. The van der Waals surface area contributed by atoms with Crippen molar-refractivity contribution in [1.29, 1.82) is 0 Å². The zero-order valence-electron chi connectivity index (χ0n) is 14.5. The Bertz CT molecular complexity index is 707. The van der Waals surface area contributed by atoms with E-state index in [4.69, 9.17) is 4.42 Å². The zero-order valence-corrected chi connectivity index (χ0v) is 15.4. The van der Waals surface area contributed by atoms with Gasteiger partial charge in [-0.25, -0.2) is 4.98 Å². The van der Waals surface area contributed by atoms with E-state index < -0.39 is 16.0 Å². The quantitative estimate of drug-likeness (QED) is 0.835. The van der Waals surface area contributed by atoms with Crippen molar-refractivity contribution >= 4 is 16.7 Å². The number of nitrogens with zero attached hydrogens (tertiary/aromatic N) is 1. The van der Waals surface area contributed by atoms with Gasteiger partial charge in [0.2, 0.25) is 11.8 Å². The molecule has 0 fully saturated rings. The summed E-state index contributed by atoms with van der Waals surface area (Å²) in [5.41, 5.74) is 2.63. The van der Waals surface area contributed by atoms with Crippen LogP contribution < -0.4 is 5.32 Å². The molecule has 2 atom stereocenters. The van der Waals surface area contributed by atoms with E-state index in [1.165, 1.54) is 6.26 Å². The second-order valence-electron chi connectivity index (χ2n) is 6.32. The smallest absolute Gasteiger partial charge is 0.235 e. The average molecular weight is 348 g/mol. The lowest BCUT2D eigenvalue weighted by atomic mass is 10.1. The van der Waals surface area contributed by atoms with Crippen molar-refractivity contribution in [3.8, 4) is 11.5 Å². The van der Waals surface area contributed by atoms with Crippen molar-refractivity contribution in [2.45, 2.75) is 38.7 Å². The number of aromatic nitrogens is 1. The van der Waals surface area contributed by atoms with Crippen LogP contribution in [-0.4, -0.2) is 26.9 Å². The molecule has 24 heavy (non-hydrogen) atoms. The van der Waals surface area contributed by atoms with Crippen molar-refractivity contribution in [3.63, 3.8) is 0 Å². The summed E-state index contributed by atoms with van der Waals surface area (Å²) in [6, 6.07) is 7.84.